The van der Waals surface area contributed by atoms with Crippen LogP contribution in [0.15, 0.2) is 18.2 Å². The summed E-state index contributed by atoms with van der Waals surface area (Å²) in [6.07, 6.45) is 3.93. The Morgan fingerprint density at radius 2 is 1.59 bits per heavy atom. The highest BCUT2D eigenvalue weighted by atomic mass is 16.5. The smallest absolute Gasteiger partial charge is 0.254 e. The molecular formula is C19H33NO2. The van der Waals surface area contributed by atoms with Crippen molar-refractivity contribution in [1.29, 1.82) is 0 Å². The van der Waals surface area contributed by atoms with Crippen molar-refractivity contribution in [3.8, 4) is 0 Å². The van der Waals surface area contributed by atoms with E-state index in [0.29, 0.717) is 0 Å². The number of rotatable bonds is 0. The van der Waals surface area contributed by atoms with Crippen molar-refractivity contribution in [3.63, 3.8) is 0 Å². The molecule has 0 saturated carbocycles. The van der Waals surface area contributed by atoms with E-state index >= 15 is 0 Å². The average molecular weight is 307 g/mol. The maximum Gasteiger partial charge on any atom is 0.254 e. The molecule has 3 rings (SSSR count). The van der Waals surface area contributed by atoms with Crippen LogP contribution in [-0.2, 0) is 11.3 Å². The van der Waals surface area contributed by atoms with Gasteiger partial charge in [0.1, 0.15) is 0 Å². The summed E-state index contributed by atoms with van der Waals surface area (Å²) in [6.45, 7) is 12.8. The Hall–Kier alpha value is -1.35. The highest BCUT2D eigenvalue weighted by Crippen LogP contribution is 2.21. The molecule has 3 nitrogen and oxygen atoms in total. The lowest BCUT2D eigenvalue weighted by Gasteiger charge is -2.08. The number of fused-ring (bicyclic) bond motifs is 1. The Kier molecular flexibility index (Phi) is 11.5. The van der Waals surface area contributed by atoms with Crippen LogP contribution in [-0.4, -0.2) is 31.1 Å². The number of ether oxygens (including phenoxy) is 1. The van der Waals surface area contributed by atoms with E-state index in [2.05, 4.69) is 6.07 Å². The third kappa shape index (κ3) is 6.61. The number of amides is 1. The molecule has 1 amide bonds. The van der Waals surface area contributed by atoms with Gasteiger partial charge in [-0.15, -0.1) is 0 Å². The fraction of sp³-hybridized carbons (Fsp3) is 0.632. The van der Waals surface area contributed by atoms with Crippen molar-refractivity contribution in [2.24, 2.45) is 0 Å². The molecule has 1 fully saturated rings. The molecule has 0 N–H and O–H groups in total. The molecule has 0 unspecified atom stereocenters. The van der Waals surface area contributed by atoms with E-state index in [1.165, 1.54) is 24.8 Å². The summed E-state index contributed by atoms with van der Waals surface area (Å²) in [5.41, 5.74) is 3.24. The van der Waals surface area contributed by atoms with Crippen molar-refractivity contribution in [2.45, 2.75) is 60.4 Å². The molecule has 126 valence electrons. The standard InChI is InChI=1S/C10H11NO.C5H10O.2C2H6/c1-7-3-4-9-8(5-7)6-11(2)10(9)12;1-2-4-6-5-3-1;2*1-2/h3-5H,6H2,1-2H3;1-5H2;2*1-2H3. The molecule has 0 aliphatic carbocycles. The minimum absolute atomic E-state index is 0.144. The Balaban J connectivity index is 0.000000373. The van der Waals surface area contributed by atoms with E-state index < -0.39 is 0 Å². The van der Waals surface area contributed by atoms with Gasteiger partial charge in [-0.3, -0.25) is 4.79 Å². The normalized spacial score (nSPS) is 15.4. The summed E-state index contributed by atoms with van der Waals surface area (Å²) >= 11 is 0. The molecule has 0 atom stereocenters. The van der Waals surface area contributed by atoms with E-state index in [1.54, 1.807) is 4.90 Å². The first-order valence-electron chi connectivity index (χ1n) is 8.61. The lowest BCUT2D eigenvalue weighted by molar-refractivity contribution is 0.0816. The molecule has 2 aliphatic heterocycles. The number of carbonyl (C=O) groups is 1. The van der Waals surface area contributed by atoms with Crippen LogP contribution >= 0.6 is 0 Å². The first kappa shape index (κ1) is 20.6. The van der Waals surface area contributed by atoms with Gasteiger partial charge in [0, 0.05) is 32.4 Å². The molecule has 1 aromatic rings. The van der Waals surface area contributed by atoms with Crippen molar-refractivity contribution in [2.75, 3.05) is 20.3 Å². The zero-order chi connectivity index (χ0) is 17.0. The van der Waals surface area contributed by atoms with E-state index in [4.69, 9.17) is 4.74 Å². The number of hydrogen-bond acceptors (Lipinski definition) is 2. The van der Waals surface area contributed by atoms with E-state index in [9.17, 15) is 4.79 Å². The van der Waals surface area contributed by atoms with E-state index in [1.807, 2.05) is 53.8 Å². The van der Waals surface area contributed by atoms with Gasteiger partial charge in [0.15, 0.2) is 0 Å². The minimum atomic E-state index is 0.144. The third-order valence-electron chi connectivity index (χ3n) is 3.32. The van der Waals surface area contributed by atoms with Crippen LogP contribution in [0.5, 0.6) is 0 Å². The third-order valence-corrected chi connectivity index (χ3v) is 3.32. The highest BCUT2D eigenvalue weighted by Gasteiger charge is 2.23. The van der Waals surface area contributed by atoms with Gasteiger partial charge in [-0.1, -0.05) is 45.4 Å². The van der Waals surface area contributed by atoms with Crippen molar-refractivity contribution in [3.05, 3.63) is 34.9 Å². The van der Waals surface area contributed by atoms with Gasteiger partial charge >= 0.3 is 0 Å². The quantitative estimate of drug-likeness (QED) is 0.687. The average Bonchev–Trinajstić information content (AvgIpc) is 2.87. The lowest BCUT2D eigenvalue weighted by Crippen LogP contribution is -2.17. The monoisotopic (exact) mass is 307 g/mol. The van der Waals surface area contributed by atoms with Crippen LogP contribution in [0.3, 0.4) is 0 Å². The summed E-state index contributed by atoms with van der Waals surface area (Å²) in [7, 11) is 1.83. The number of benzene rings is 1. The zero-order valence-corrected chi connectivity index (χ0v) is 15.2. The van der Waals surface area contributed by atoms with E-state index in [0.717, 1.165) is 30.9 Å². The molecule has 2 aliphatic rings. The largest absolute Gasteiger partial charge is 0.381 e. The SMILES string of the molecule is C1CCOCC1.CC.CC.Cc1ccc2c(c1)CN(C)C2=O. The second-order valence-corrected chi connectivity index (χ2v) is 4.99. The number of hydrogen-bond donors (Lipinski definition) is 0. The Labute approximate surface area is 136 Å². The molecule has 3 heteroatoms. The Bertz CT molecular complexity index is 414. The molecule has 2 heterocycles. The molecular weight excluding hydrogens is 274 g/mol. The van der Waals surface area contributed by atoms with Gasteiger partial charge in [0.25, 0.3) is 5.91 Å². The number of nitrogens with zero attached hydrogens (tertiary/aromatic N) is 1. The molecule has 1 saturated heterocycles. The van der Waals surface area contributed by atoms with Crippen LogP contribution in [0.25, 0.3) is 0 Å². The lowest BCUT2D eigenvalue weighted by atomic mass is 10.1. The highest BCUT2D eigenvalue weighted by molar-refractivity contribution is 5.98. The molecule has 22 heavy (non-hydrogen) atoms. The maximum absolute atomic E-state index is 11.4. The van der Waals surface area contributed by atoms with Crippen LogP contribution in [0.4, 0.5) is 0 Å². The molecule has 0 aromatic heterocycles. The zero-order valence-electron chi connectivity index (χ0n) is 15.2. The van der Waals surface area contributed by atoms with Crippen molar-refractivity contribution >= 4 is 5.91 Å². The van der Waals surface area contributed by atoms with Gasteiger partial charge in [-0.2, -0.15) is 0 Å². The predicted molar refractivity (Wildman–Crippen MR) is 94.3 cm³/mol. The van der Waals surface area contributed by atoms with Gasteiger partial charge in [0.05, 0.1) is 0 Å². The fourth-order valence-corrected chi connectivity index (χ4v) is 2.28. The van der Waals surface area contributed by atoms with Crippen molar-refractivity contribution < 1.29 is 9.53 Å². The summed E-state index contributed by atoms with van der Waals surface area (Å²) in [6, 6.07) is 5.98. The second kappa shape index (κ2) is 12.2. The molecule has 1 aromatic carbocycles. The van der Waals surface area contributed by atoms with Crippen molar-refractivity contribution in [1.82, 2.24) is 4.90 Å². The fourth-order valence-electron chi connectivity index (χ4n) is 2.28. The van der Waals surface area contributed by atoms with E-state index in [-0.39, 0.29) is 5.91 Å². The molecule has 0 bridgehead atoms. The Morgan fingerprint density at radius 3 is 2.05 bits per heavy atom. The first-order chi connectivity index (χ1) is 10.7. The summed E-state index contributed by atoms with van der Waals surface area (Å²) in [4.78, 5) is 13.2. The topological polar surface area (TPSA) is 29.5 Å². The second-order valence-electron chi connectivity index (χ2n) is 4.99. The first-order valence-corrected chi connectivity index (χ1v) is 8.61. The van der Waals surface area contributed by atoms with Gasteiger partial charge in [-0.05, 0) is 37.8 Å². The van der Waals surface area contributed by atoms with Gasteiger partial charge in [-0.25, -0.2) is 0 Å². The van der Waals surface area contributed by atoms with Crippen LogP contribution < -0.4 is 0 Å². The van der Waals surface area contributed by atoms with Gasteiger partial charge in [0.2, 0.25) is 0 Å². The van der Waals surface area contributed by atoms with Gasteiger partial charge < -0.3 is 9.64 Å². The predicted octanol–water partition coefficient (Wildman–Crippen LogP) is 4.82. The molecule has 0 spiro atoms. The summed E-state index contributed by atoms with van der Waals surface area (Å²) in [5, 5.41) is 0. The maximum atomic E-state index is 11.4. The number of carbonyl (C=O) groups excluding carboxylic acids is 1. The summed E-state index contributed by atoms with van der Waals surface area (Å²) < 4.78 is 5.07. The van der Waals surface area contributed by atoms with Crippen LogP contribution in [0, 0.1) is 6.92 Å². The minimum Gasteiger partial charge on any atom is -0.381 e. The van der Waals surface area contributed by atoms with Crippen LogP contribution in [0.2, 0.25) is 0 Å². The molecule has 0 radical (unpaired) electrons. The van der Waals surface area contributed by atoms with Crippen LogP contribution in [0.1, 0.15) is 68.4 Å². The summed E-state index contributed by atoms with van der Waals surface area (Å²) in [5.74, 6) is 0.144. The number of aryl methyl sites for hydroxylation is 1. The Morgan fingerprint density at radius 1 is 1.00 bits per heavy atom.